The number of rotatable bonds is 2. The van der Waals surface area contributed by atoms with E-state index in [-0.39, 0.29) is 5.75 Å². The van der Waals surface area contributed by atoms with Crippen LogP contribution in [-0.4, -0.2) is 30.3 Å². The number of aromatic hydroxyl groups is 1. The van der Waals surface area contributed by atoms with Gasteiger partial charge in [-0.1, -0.05) is 6.92 Å². The quantitative estimate of drug-likeness (QED) is 0.362. The molecule has 4 N–H and O–H groups in total. The smallest absolute Gasteiger partial charge is 0.223 e. The van der Waals surface area contributed by atoms with E-state index in [1.165, 1.54) is 6.07 Å². The molecule has 0 radical (unpaired) electrons. The van der Waals surface area contributed by atoms with E-state index < -0.39 is 11.1 Å². The van der Waals surface area contributed by atoms with E-state index in [4.69, 9.17) is 4.99 Å². The number of allylic oxidation sites excluding steroid dienone is 1. The highest BCUT2D eigenvalue weighted by Gasteiger charge is 2.32. The number of nitrogens with one attached hydrogen (secondary N) is 3. The molecule has 7 nitrogen and oxygen atoms in total. The van der Waals surface area contributed by atoms with Gasteiger partial charge < -0.3 is 24.6 Å². The first-order chi connectivity index (χ1) is 16.5. The highest BCUT2D eigenvalue weighted by molar-refractivity contribution is 6.18. The fourth-order valence-electron chi connectivity index (χ4n) is 4.61. The van der Waals surface area contributed by atoms with Crippen molar-refractivity contribution in [2.45, 2.75) is 19.0 Å². The van der Waals surface area contributed by atoms with E-state index in [0.717, 1.165) is 38.5 Å². The van der Waals surface area contributed by atoms with Gasteiger partial charge in [-0.15, -0.1) is 0 Å². The van der Waals surface area contributed by atoms with Crippen LogP contribution in [0.25, 0.3) is 24.3 Å². The Kier molecular flexibility index (Phi) is 4.45. The third-order valence-corrected chi connectivity index (χ3v) is 6.19. The van der Waals surface area contributed by atoms with Crippen molar-refractivity contribution in [3.05, 3.63) is 110 Å². The molecule has 2 aliphatic rings. The number of hydrogen-bond donors (Lipinski definition) is 4. The van der Waals surface area contributed by atoms with Gasteiger partial charge in [-0.25, -0.2) is 4.99 Å². The van der Waals surface area contributed by atoms with Gasteiger partial charge in [0.1, 0.15) is 0 Å². The molecule has 0 aromatic carbocycles. The zero-order valence-electron chi connectivity index (χ0n) is 18.5. The van der Waals surface area contributed by atoms with E-state index in [1.807, 2.05) is 78.3 Å². The van der Waals surface area contributed by atoms with Crippen molar-refractivity contribution in [3.8, 4) is 5.75 Å². The third kappa shape index (κ3) is 3.38. The SMILES string of the molecule is CCc1c(O)c(=O)ccn1C12C=CC(=N1)C=c1ccc([nH]1)=Cc1ccc([nH]1)C=c1ccc([nH]1)=C2. The topological polar surface area (TPSA) is 102 Å². The fourth-order valence-corrected chi connectivity index (χ4v) is 4.61. The average Bonchev–Trinajstić information content (AvgIpc) is 3.61. The molecule has 0 spiro atoms. The summed E-state index contributed by atoms with van der Waals surface area (Å²) in [4.78, 5) is 27.5. The number of aromatic nitrogens is 4. The summed E-state index contributed by atoms with van der Waals surface area (Å²) in [6.07, 6.45) is 14.2. The fraction of sp³-hybridized carbons (Fsp3) is 0.111. The van der Waals surface area contributed by atoms with Crippen LogP contribution >= 0.6 is 0 Å². The molecule has 34 heavy (non-hydrogen) atoms. The lowest BCUT2D eigenvalue weighted by Crippen LogP contribution is -2.32. The van der Waals surface area contributed by atoms with Crippen molar-refractivity contribution in [1.29, 1.82) is 0 Å². The highest BCUT2D eigenvalue weighted by atomic mass is 16.3. The average molecular weight is 450 g/mol. The van der Waals surface area contributed by atoms with Gasteiger partial charge in [-0.3, -0.25) is 4.79 Å². The molecule has 0 aliphatic carbocycles. The van der Waals surface area contributed by atoms with Crippen molar-refractivity contribution in [2.75, 3.05) is 0 Å². The van der Waals surface area contributed by atoms with E-state index in [9.17, 15) is 9.90 Å². The van der Waals surface area contributed by atoms with Crippen LogP contribution in [0, 0.1) is 0 Å². The molecule has 1 unspecified atom stereocenters. The lowest BCUT2D eigenvalue weighted by atomic mass is 10.1. The van der Waals surface area contributed by atoms with Crippen LogP contribution in [0.4, 0.5) is 0 Å². The van der Waals surface area contributed by atoms with Gasteiger partial charge in [0.05, 0.1) is 11.4 Å². The first kappa shape index (κ1) is 20.1. The minimum Gasteiger partial charge on any atom is -0.503 e. The molecule has 4 aromatic rings. The van der Waals surface area contributed by atoms with E-state index in [0.29, 0.717) is 12.1 Å². The van der Waals surface area contributed by atoms with Gasteiger partial charge in [0.15, 0.2) is 11.4 Å². The Morgan fingerprint density at radius 3 is 2.24 bits per heavy atom. The minimum atomic E-state index is -0.942. The Morgan fingerprint density at radius 1 is 0.882 bits per heavy atom. The molecule has 1 atom stereocenters. The molecule has 4 aromatic heterocycles. The van der Waals surface area contributed by atoms with Crippen LogP contribution in [0.5, 0.6) is 5.75 Å². The van der Waals surface area contributed by atoms with Crippen molar-refractivity contribution in [2.24, 2.45) is 4.99 Å². The third-order valence-electron chi connectivity index (χ3n) is 6.19. The molecular formula is C27H23N5O2. The van der Waals surface area contributed by atoms with Crippen LogP contribution in [0.3, 0.4) is 0 Å². The lowest BCUT2D eigenvalue weighted by Gasteiger charge is -2.27. The Labute approximate surface area is 194 Å². The molecule has 8 bridgehead atoms. The molecule has 2 aliphatic heterocycles. The van der Waals surface area contributed by atoms with E-state index in [2.05, 4.69) is 21.0 Å². The summed E-state index contributed by atoms with van der Waals surface area (Å²) in [7, 11) is 0. The predicted octanol–water partition coefficient (Wildman–Crippen LogP) is 0.697. The molecule has 7 heteroatoms. The summed E-state index contributed by atoms with van der Waals surface area (Å²) in [5.74, 6) is -0.242. The maximum absolute atomic E-state index is 12.1. The standard InChI is InChI=1S/C27H23N5O2/c1-2-24-26(34)25(33)10-12-32(24)27-11-9-22(31-27)15-21-6-5-18(29-21)13-17-3-4-19(28-17)14-20-7-8-23(16-27)30-20/h3-16,28-30,34H,2H2,1H3. The summed E-state index contributed by atoms with van der Waals surface area (Å²) >= 11 is 0. The minimum absolute atomic E-state index is 0.242. The van der Waals surface area contributed by atoms with Crippen LogP contribution in [0.15, 0.2) is 70.6 Å². The van der Waals surface area contributed by atoms with E-state index in [1.54, 1.807) is 6.20 Å². The van der Waals surface area contributed by atoms with Gasteiger partial charge >= 0.3 is 0 Å². The lowest BCUT2D eigenvalue weighted by molar-refractivity contribution is 0.428. The number of hydrogen-bond acceptors (Lipinski definition) is 3. The summed E-state index contributed by atoms with van der Waals surface area (Å²) in [5.41, 5.74) is 1.96. The Hall–Kier alpha value is -4.52. The monoisotopic (exact) mass is 449 g/mol. The highest BCUT2D eigenvalue weighted by Crippen LogP contribution is 2.31. The van der Waals surface area contributed by atoms with Gasteiger partial charge in [0, 0.05) is 45.0 Å². The predicted molar refractivity (Wildman–Crippen MR) is 133 cm³/mol. The van der Waals surface area contributed by atoms with Gasteiger partial charge in [0.25, 0.3) is 0 Å². The first-order valence-corrected chi connectivity index (χ1v) is 11.2. The molecule has 168 valence electrons. The Morgan fingerprint density at radius 2 is 1.53 bits per heavy atom. The molecule has 6 heterocycles. The second-order valence-electron chi connectivity index (χ2n) is 8.54. The number of pyridine rings is 1. The van der Waals surface area contributed by atoms with Gasteiger partial charge in [-0.05, 0) is 79.3 Å². The maximum Gasteiger partial charge on any atom is 0.223 e. The molecule has 0 amide bonds. The summed E-state index contributed by atoms with van der Waals surface area (Å²) in [6.45, 7) is 1.91. The molecule has 6 rings (SSSR count). The largest absolute Gasteiger partial charge is 0.503 e. The number of H-pyrrole nitrogens is 3. The van der Waals surface area contributed by atoms with Gasteiger partial charge in [0.2, 0.25) is 5.43 Å². The molecule has 0 saturated heterocycles. The zero-order chi connectivity index (χ0) is 23.3. The van der Waals surface area contributed by atoms with Crippen molar-refractivity contribution < 1.29 is 5.11 Å². The van der Waals surface area contributed by atoms with Crippen LogP contribution < -0.4 is 26.8 Å². The summed E-state index contributed by atoms with van der Waals surface area (Å²) in [6, 6.07) is 13.5. The maximum atomic E-state index is 12.1. The van der Waals surface area contributed by atoms with E-state index >= 15 is 0 Å². The normalized spacial score (nSPS) is 18.4. The van der Waals surface area contributed by atoms with Crippen molar-refractivity contribution >= 4 is 30.0 Å². The number of fused-ring (bicyclic) bond motifs is 7. The van der Waals surface area contributed by atoms with Crippen LogP contribution in [0.1, 0.15) is 24.0 Å². The second kappa shape index (κ2) is 7.52. The Bertz CT molecular complexity index is 1790. The second-order valence-corrected chi connectivity index (χ2v) is 8.54. The molecule has 0 saturated carbocycles. The summed E-state index contributed by atoms with van der Waals surface area (Å²) < 4.78 is 1.86. The zero-order valence-corrected chi connectivity index (χ0v) is 18.5. The van der Waals surface area contributed by atoms with Crippen LogP contribution in [-0.2, 0) is 12.1 Å². The van der Waals surface area contributed by atoms with Crippen LogP contribution in [0.2, 0.25) is 0 Å². The Balaban J connectivity index is 1.66. The first-order valence-electron chi connectivity index (χ1n) is 11.2. The van der Waals surface area contributed by atoms with Gasteiger partial charge in [-0.2, -0.15) is 0 Å². The van der Waals surface area contributed by atoms with Crippen molar-refractivity contribution in [1.82, 2.24) is 19.5 Å². The number of nitrogens with zero attached hydrogens (tertiary/aromatic N) is 2. The molecule has 0 fully saturated rings. The number of aliphatic imine (C=N–C) groups is 1. The summed E-state index contributed by atoms with van der Waals surface area (Å²) in [5, 5.41) is 14.2. The molecular weight excluding hydrogens is 426 g/mol. The van der Waals surface area contributed by atoms with Crippen molar-refractivity contribution in [3.63, 3.8) is 0 Å². The number of aromatic amines is 3.